The van der Waals surface area contributed by atoms with E-state index in [2.05, 4.69) is 4.98 Å². The van der Waals surface area contributed by atoms with E-state index in [9.17, 15) is 4.79 Å². The number of hydrogen-bond acceptors (Lipinski definition) is 2. The van der Waals surface area contributed by atoms with Crippen LogP contribution in [0.25, 0.3) is 0 Å². The largest absolute Gasteiger partial charge is 0.298 e. The molecule has 2 nitrogen and oxygen atoms in total. The predicted molar refractivity (Wildman–Crippen MR) is 39.6 cm³/mol. The zero-order chi connectivity index (χ0) is 7.56. The van der Waals surface area contributed by atoms with Gasteiger partial charge in [-0.25, -0.2) is 0 Å². The van der Waals surface area contributed by atoms with Gasteiger partial charge in [-0.2, -0.15) is 0 Å². The van der Waals surface area contributed by atoms with Gasteiger partial charge in [0.2, 0.25) is 0 Å². The summed E-state index contributed by atoms with van der Waals surface area (Å²) in [5.74, 6) is 0. The van der Waals surface area contributed by atoms with Crippen molar-refractivity contribution in [1.29, 1.82) is 0 Å². The Morgan fingerprint density at radius 2 is 1.80 bits per heavy atom. The summed E-state index contributed by atoms with van der Waals surface area (Å²) in [6.07, 6.45) is 3.35. The van der Waals surface area contributed by atoms with Gasteiger partial charge in [0.1, 0.15) is 0 Å². The monoisotopic (exact) mass is 175 g/mol. The van der Waals surface area contributed by atoms with Crippen LogP contribution in [0.4, 0.5) is 0 Å². The topological polar surface area (TPSA) is 30.0 Å². The van der Waals surface area contributed by atoms with E-state index < -0.39 is 0 Å². The Morgan fingerprint density at radius 1 is 1.30 bits per heavy atom. The minimum absolute atomic E-state index is 0.280. The first-order valence-electron chi connectivity index (χ1n) is 2.50. The van der Waals surface area contributed by atoms with Crippen molar-refractivity contribution in [3.8, 4) is 0 Å². The molecule has 0 aliphatic rings. The van der Waals surface area contributed by atoms with E-state index in [4.69, 9.17) is 23.2 Å². The fourth-order valence-corrected chi connectivity index (χ4v) is 0.988. The third-order valence-corrected chi connectivity index (χ3v) is 1.61. The molecule has 0 bridgehead atoms. The second-order valence-electron chi connectivity index (χ2n) is 1.63. The Balaban J connectivity index is 3.30. The van der Waals surface area contributed by atoms with E-state index in [1.54, 1.807) is 0 Å². The molecule has 0 unspecified atom stereocenters. The number of nitrogens with zero attached hydrogens (tertiary/aromatic N) is 1. The number of aromatic nitrogens is 1. The molecule has 0 aliphatic heterocycles. The molecule has 0 saturated carbocycles. The van der Waals surface area contributed by atoms with Crippen LogP contribution in [0.3, 0.4) is 0 Å². The Kier molecular flexibility index (Phi) is 2.25. The lowest BCUT2D eigenvalue weighted by atomic mass is 10.3. The second-order valence-corrected chi connectivity index (χ2v) is 2.45. The van der Waals surface area contributed by atoms with Gasteiger partial charge in [0, 0.05) is 12.4 Å². The van der Waals surface area contributed by atoms with E-state index in [1.165, 1.54) is 12.4 Å². The number of aldehydes is 1. The molecule has 1 aromatic heterocycles. The standard InChI is InChI=1S/C6H3Cl2NO/c7-5-1-9-2-6(8)4(5)3-10/h1-3H. The van der Waals surface area contributed by atoms with Crippen LogP contribution in [0.5, 0.6) is 0 Å². The molecule has 1 heterocycles. The molecule has 52 valence electrons. The molecule has 1 rings (SSSR count). The van der Waals surface area contributed by atoms with Crippen LogP contribution in [-0.2, 0) is 0 Å². The van der Waals surface area contributed by atoms with Gasteiger partial charge in [0.25, 0.3) is 0 Å². The van der Waals surface area contributed by atoms with E-state index in [0.717, 1.165) is 0 Å². The number of hydrogen-bond donors (Lipinski definition) is 0. The van der Waals surface area contributed by atoms with Gasteiger partial charge in [-0.05, 0) is 0 Å². The quantitative estimate of drug-likeness (QED) is 0.614. The first-order valence-corrected chi connectivity index (χ1v) is 3.25. The molecule has 0 saturated heterocycles. The van der Waals surface area contributed by atoms with Crippen molar-refractivity contribution in [2.24, 2.45) is 0 Å². The van der Waals surface area contributed by atoms with Gasteiger partial charge in [-0.1, -0.05) is 23.2 Å². The minimum Gasteiger partial charge on any atom is -0.298 e. The first-order chi connectivity index (χ1) is 4.75. The summed E-state index contributed by atoms with van der Waals surface area (Å²) in [5.41, 5.74) is 0.290. The number of rotatable bonds is 1. The van der Waals surface area contributed by atoms with Crippen LogP contribution < -0.4 is 0 Å². The summed E-state index contributed by atoms with van der Waals surface area (Å²) >= 11 is 11.1. The van der Waals surface area contributed by atoms with E-state index in [-0.39, 0.29) is 10.0 Å². The van der Waals surface area contributed by atoms with Gasteiger partial charge in [0.15, 0.2) is 6.29 Å². The highest BCUT2D eigenvalue weighted by molar-refractivity contribution is 6.38. The summed E-state index contributed by atoms with van der Waals surface area (Å²) < 4.78 is 0. The highest BCUT2D eigenvalue weighted by atomic mass is 35.5. The fourth-order valence-electron chi connectivity index (χ4n) is 0.534. The van der Waals surface area contributed by atoms with Gasteiger partial charge in [-0.3, -0.25) is 9.78 Å². The van der Waals surface area contributed by atoms with E-state index in [0.29, 0.717) is 11.8 Å². The van der Waals surface area contributed by atoms with Crippen molar-refractivity contribution in [2.45, 2.75) is 0 Å². The molecule has 0 aliphatic carbocycles. The average molecular weight is 176 g/mol. The molecule has 0 fully saturated rings. The van der Waals surface area contributed by atoms with Crippen molar-refractivity contribution < 1.29 is 4.79 Å². The molecule has 1 aromatic rings. The highest BCUT2D eigenvalue weighted by Gasteiger charge is 2.02. The second kappa shape index (κ2) is 2.99. The SMILES string of the molecule is O=Cc1c(Cl)cncc1Cl. The van der Waals surface area contributed by atoms with E-state index >= 15 is 0 Å². The average Bonchev–Trinajstić information content (AvgIpc) is 1.88. The highest BCUT2D eigenvalue weighted by Crippen LogP contribution is 2.19. The van der Waals surface area contributed by atoms with Crippen LogP contribution in [0.1, 0.15) is 10.4 Å². The molecule has 4 heteroatoms. The molecule has 0 radical (unpaired) electrons. The Morgan fingerprint density at radius 3 is 2.10 bits per heavy atom. The zero-order valence-electron chi connectivity index (χ0n) is 4.84. The summed E-state index contributed by atoms with van der Waals surface area (Å²) in [6.45, 7) is 0. The summed E-state index contributed by atoms with van der Waals surface area (Å²) in [4.78, 5) is 13.9. The number of carbonyl (C=O) groups is 1. The van der Waals surface area contributed by atoms with Gasteiger partial charge < -0.3 is 0 Å². The zero-order valence-corrected chi connectivity index (χ0v) is 6.36. The van der Waals surface area contributed by atoms with Crippen molar-refractivity contribution in [3.63, 3.8) is 0 Å². The smallest absolute Gasteiger partial charge is 0.153 e. The lowest BCUT2D eigenvalue weighted by Crippen LogP contribution is -1.84. The van der Waals surface area contributed by atoms with Gasteiger partial charge in [0.05, 0.1) is 15.6 Å². The molecular weight excluding hydrogens is 173 g/mol. The van der Waals surface area contributed by atoms with Gasteiger partial charge in [-0.15, -0.1) is 0 Å². The number of carbonyl (C=O) groups excluding carboxylic acids is 1. The Bertz CT molecular complexity index is 242. The molecule has 0 spiro atoms. The molecule has 0 atom stereocenters. The number of halogens is 2. The summed E-state index contributed by atoms with van der Waals surface area (Å²) in [6, 6.07) is 0. The molecule has 10 heavy (non-hydrogen) atoms. The third kappa shape index (κ3) is 1.28. The van der Waals surface area contributed by atoms with Crippen LogP contribution in [0.2, 0.25) is 10.0 Å². The normalized spacial score (nSPS) is 9.40. The molecule has 0 amide bonds. The van der Waals surface area contributed by atoms with Gasteiger partial charge >= 0.3 is 0 Å². The minimum atomic E-state index is 0.280. The lowest BCUT2D eigenvalue weighted by Gasteiger charge is -1.94. The Hall–Kier alpha value is -0.600. The van der Waals surface area contributed by atoms with Crippen LogP contribution in [-0.4, -0.2) is 11.3 Å². The van der Waals surface area contributed by atoms with E-state index in [1.807, 2.05) is 0 Å². The summed E-state index contributed by atoms with van der Waals surface area (Å²) in [5, 5.41) is 0.560. The van der Waals surface area contributed by atoms with Crippen LogP contribution in [0.15, 0.2) is 12.4 Å². The maximum Gasteiger partial charge on any atom is 0.153 e. The van der Waals surface area contributed by atoms with Crippen LogP contribution in [0, 0.1) is 0 Å². The van der Waals surface area contributed by atoms with Crippen molar-refractivity contribution in [2.75, 3.05) is 0 Å². The van der Waals surface area contributed by atoms with Crippen molar-refractivity contribution in [1.82, 2.24) is 4.98 Å². The third-order valence-electron chi connectivity index (χ3n) is 1.01. The van der Waals surface area contributed by atoms with Crippen LogP contribution >= 0.6 is 23.2 Å². The Labute approximate surface area is 67.8 Å². The van der Waals surface area contributed by atoms with Crippen molar-refractivity contribution in [3.05, 3.63) is 28.0 Å². The molecule has 0 N–H and O–H groups in total. The molecular formula is C6H3Cl2NO. The number of pyridine rings is 1. The lowest BCUT2D eigenvalue weighted by molar-refractivity contribution is 0.112. The summed E-state index contributed by atoms with van der Waals surface area (Å²) in [7, 11) is 0. The first kappa shape index (κ1) is 7.51. The molecule has 0 aromatic carbocycles. The maximum atomic E-state index is 10.3. The fraction of sp³-hybridized carbons (Fsp3) is 0. The predicted octanol–water partition coefficient (Wildman–Crippen LogP) is 2.20. The maximum absolute atomic E-state index is 10.3. The van der Waals surface area contributed by atoms with Crippen molar-refractivity contribution >= 4 is 29.5 Å².